The molecule has 2 aromatic carbocycles. The van der Waals surface area contributed by atoms with Crippen LogP contribution in [-0.4, -0.2) is 23.6 Å². The second-order valence-corrected chi connectivity index (χ2v) is 5.37. The molecule has 0 saturated carbocycles. The molecule has 2 N–H and O–H groups in total. The van der Waals surface area contributed by atoms with E-state index in [9.17, 15) is 9.59 Å². The summed E-state index contributed by atoms with van der Waals surface area (Å²) in [6, 6.07) is 14.8. The van der Waals surface area contributed by atoms with Crippen molar-refractivity contribution in [3.8, 4) is 5.75 Å². The minimum atomic E-state index is -0.888. The molecule has 0 unspecified atom stereocenters. The van der Waals surface area contributed by atoms with Crippen molar-refractivity contribution in [2.45, 2.75) is 26.3 Å². The zero-order valence-electron chi connectivity index (χ0n) is 13.6. The van der Waals surface area contributed by atoms with Crippen molar-refractivity contribution in [1.82, 2.24) is 5.32 Å². The van der Waals surface area contributed by atoms with Crippen LogP contribution < -0.4 is 10.1 Å². The largest absolute Gasteiger partial charge is 0.493 e. The van der Waals surface area contributed by atoms with Gasteiger partial charge in [-0.2, -0.15) is 0 Å². The number of amides is 1. The summed E-state index contributed by atoms with van der Waals surface area (Å²) in [4.78, 5) is 22.5. The molecule has 0 saturated heterocycles. The standard InChI is InChI=1S/C19H21NO4/c1-2-14-3-7-16(8-4-14)19(23)20-13-15-5-9-17(10-6-15)24-12-11-18(21)22/h3-10H,2,11-13H2,1H3,(H,20,23)(H,21,22). The molecule has 24 heavy (non-hydrogen) atoms. The normalized spacial score (nSPS) is 10.2. The Morgan fingerprint density at radius 2 is 1.62 bits per heavy atom. The Morgan fingerprint density at radius 3 is 2.21 bits per heavy atom. The topological polar surface area (TPSA) is 75.6 Å². The maximum atomic E-state index is 12.1. The Kier molecular flexibility index (Phi) is 6.37. The van der Waals surface area contributed by atoms with Gasteiger partial charge in [0.1, 0.15) is 5.75 Å². The molecule has 0 fully saturated rings. The quantitative estimate of drug-likeness (QED) is 0.781. The third-order valence-electron chi connectivity index (χ3n) is 3.59. The van der Waals surface area contributed by atoms with Crippen LogP contribution in [0.4, 0.5) is 0 Å². The molecule has 0 aliphatic carbocycles. The third-order valence-corrected chi connectivity index (χ3v) is 3.59. The van der Waals surface area contributed by atoms with Crippen LogP contribution in [0.1, 0.15) is 34.8 Å². The second kappa shape index (κ2) is 8.72. The molecule has 126 valence electrons. The van der Waals surface area contributed by atoms with Gasteiger partial charge in [-0.25, -0.2) is 0 Å². The molecule has 5 heteroatoms. The van der Waals surface area contributed by atoms with Crippen LogP contribution in [-0.2, 0) is 17.8 Å². The number of hydrogen-bond donors (Lipinski definition) is 2. The summed E-state index contributed by atoms with van der Waals surface area (Å²) in [7, 11) is 0. The Balaban J connectivity index is 1.82. The van der Waals surface area contributed by atoms with Crippen molar-refractivity contribution in [1.29, 1.82) is 0 Å². The number of carbonyl (C=O) groups is 2. The zero-order valence-corrected chi connectivity index (χ0v) is 13.6. The van der Waals surface area contributed by atoms with Crippen LogP contribution in [0.15, 0.2) is 48.5 Å². The maximum absolute atomic E-state index is 12.1. The zero-order chi connectivity index (χ0) is 17.4. The molecular formula is C19H21NO4. The first kappa shape index (κ1) is 17.5. The summed E-state index contributed by atoms with van der Waals surface area (Å²) < 4.78 is 5.32. The fraction of sp³-hybridized carbons (Fsp3) is 0.263. The lowest BCUT2D eigenvalue weighted by molar-refractivity contribution is -0.137. The number of carboxylic acids is 1. The van der Waals surface area contributed by atoms with Crippen LogP contribution in [0.3, 0.4) is 0 Å². The highest BCUT2D eigenvalue weighted by atomic mass is 16.5. The van der Waals surface area contributed by atoms with Gasteiger partial charge in [0.05, 0.1) is 13.0 Å². The van der Waals surface area contributed by atoms with Crippen LogP contribution >= 0.6 is 0 Å². The number of hydrogen-bond acceptors (Lipinski definition) is 3. The molecule has 5 nitrogen and oxygen atoms in total. The highest BCUT2D eigenvalue weighted by Gasteiger charge is 2.05. The number of aryl methyl sites for hydroxylation is 1. The van der Waals surface area contributed by atoms with E-state index in [0.717, 1.165) is 12.0 Å². The van der Waals surface area contributed by atoms with Gasteiger partial charge in [-0.15, -0.1) is 0 Å². The van der Waals surface area contributed by atoms with E-state index in [1.807, 2.05) is 36.4 Å². The lowest BCUT2D eigenvalue weighted by Crippen LogP contribution is -2.22. The third kappa shape index (κ3) is 5.43. The van der Waals surface area contributed by atoms with Gasteiger partial charge in [-0.05, 0) is 41.8 Å². The second-order valence-electron chi connectivity index (χ2n) is 5.37. The average molecular weight is 327 g/mol. The number of nitrogens with one attached hydrogen (secondary N) is 1. The van der Waals surface area contributed by atoms with Crippen molar-refractivity contribution < 1.29 is 19.4 Å². The summed E-state index contributed by atoms with van der Waals surface area (Å²) in [6.45, 7) is 2.63. The van der Waals surface area contributed by atoms with Gasteiger partial charge in [-0.3, -0.25) is 9.59 Å². The van der Waals surface area contributed by atoms with Gasteiger partial charge < -0.3 is 15.2 Å². The summed E-state index contributed by atoms with van der Waals surface area (Å²) in [5.41, 5.74) is 2.78. The molecule has 0 bridgehead atoms. The molecule has 0 aromatic heterocycles. The number of carboxylic acid groups (broad SMARTS) is 1. The van der Waals surface area contributed by atoms with Crippen molar-refractivity contribution in [3.05, 3.63) is 65.2 Å². The van der Waals surface area contributed by atoms with Crippen molar-refractivity contribution in [2.24, 2.45) is 0 Å². The first-order valence-electron chi connectivity index (χ1n) is 7.89. The minimum absolute atomic E-state index is 0.0331. The molecule has 0 aliphatic heterocycles. The predicted molar refractivity (Wildman–Crippen MR) is 91.2 cm³/mol. The van der Waals surface area contributed by atoms with Gasteiger partial charge in [-0.1, -0.05) is 31.2 Å². The summed E-state index contributed by atoms with van der Waals surface area (Å²) in [6.07, 6.45) is 0.914. The van der Waals surface area contributed by atoms with Crippen LogP contribution in [0.25, 0.3) is 0 Å². The van der Waals surface area contributed by atoms with E-state index in [1.165, 1.54) is 5.56 Å². The fourth-order valence-electron chi connectivity index (χ4n) is 2.14. The van der Waals surface area contributed by atoms with Crippen molar-refractivity contribution >= 4 is 11.9 Å². The Labute approximate surface area is 141 Å². The lowest BCUT2D eigenvalue weighted by atomic mass is 10.1. The number of ether oxygens (including phenoxy) is 1. The molecule has 0 aliphatic rings. The molecule has 1 amide bonds. The van der Waals surface area contributed by atoms with E-state index in [1.54, 1.807) is 12.1 Å². The molecule has 0 radical (unpaired) electrons. The fourth-order valence-corrected chi connectivity index (χ4v) is 2.14. The molecule has 2 rings (SSSR count). The van der Waals surface area contributed by atoms with Gasteiger partial charge in [0.2, 0.25) is 0 Å². The monoisotopic (exact) mass is 327 g/mol. The van der Waals surface area contributed by atoms with Crippen molar-refractivity contribution in [3.63, 3.8) is 0 Å². The van der Waals surface area contributed by atoms with E-state index >= 15 is 0 Å². The maximum Gasteiger partial charge on any atom is 0.306 e. The van der Waals surface area contributed by atoms with Crippen LogP contribution in [0.2, 0.25) is 0 Å². The number of benzene rings is 2. The summed E-state index contributed by atoms with van der Waals surface area (Å²) in [5, 5.41) is 11.4. The van der Waals surface area contributed by atoms with Gasteiger partial charge >= 0.3 is 5.97 Å². The number of carbonyl (C=O) groups excluding carboxylic acids is 1. The van der Waals surface area contributed by atoms with Crippen molar-refractivity contribution in [2.75, 3.05) is 6.61 Å². The Hall–Kier alpha value is -2.82. The predicted octanol–water partition coefficient (Wildman–Crippen LogP) is 3.03. The number of aliphatic carboxylic acids is 1. The first-order chi connectivity index (χ1) is 11.6. The van der Waals surface area contributed by atoms with Gasteiger partial charge in [0, 0.05) is 12.1 Å². The van der Waals surface area contributed by atoms with Crippen LogP contribution in [0.5, 0.6) is 5.75 Å². The first-order valence-corrected chi connectivity index (χ1v) is 7.89. The minimum Gasteiger partial charge on any atom is -0.493 e. The van der Waals surface area contributed by atoms with Gasteiger partial charge in [0.25, 0.3) is 5.91 Å². The highest BCUT2D eigenvalue weighted by Crippen LogP contribution is 2.13. The summed E-state index contributed by atoms with van der Waals surface area (Å²) >= 11 is 0. The van der Waals surface area contributed by atoms with E-state index < -0.39 is 5.97 Å². The number of rotatable bonds is 8. The molecule has 0 heterocycles. The molecule has 0 atom stereocenters. The van der Waals surface area contributed by atoms with Crippen LogP contribution in [0, 0.1) is 0 Å². The summed E-state index contributed by atoms with van der Waals surface area (Å²) in [5.74, 6) is -0.387. The smallest absolute Gasteiger partial charge is 0.306 e. The SMILES string of the molecule is CCc1ccc(C(=O)NCc2ccc(OCCC(=O)O)cc2)cc1. The Bertz CT molecular complexity index is 678. The molecule has 0 spiro atoms. The van der Waals surface area contributed by atoms with E-state index in [2.05, 4.69) is 12.2 Å². The van der Waals surface area contributed by atoms with E-state index in [0.29, 0.717) is 17.9 Å². The lowest BCUT2D eigenvalue weighted by Gasteiger charge is -2.08. The Morgan fingerprint density at radius 1 is 1.00 bits per heavy atom. The molecular weight excluding hydrogens is 306 g/mol. The van der Waals surface area contributed by atoms with Gasteiger partial charge in [0.15, 0.2) is 0 Å². The average Bonchev–Trinajstić information content (AvgIpc) is 2.60. The highest BCUT2D eigenvalue weighted by molar-refractivity contribution is 5.94. The van der Waals surface area contributed by atoms with E-state index in [-0.39, 0.29) is 18.9 Å². The molecule has 2 aromatic rings. The van der Waals surface area contributed by atoms with E-state index in [4.69, 9.17) is 9.84 Å².